The minimum atomic E-state index is -2.66. The van der Waals surface area contributed by atoms with E-state index in [4.69, 9.17) is 9.16 Å². The SMILES string of the molecule is CC(C)(C)OC(=O)Nc1nc(C(=O)O)c(CCCO[Si](c2ccccc2)(c2ccccc2)C(C)(C)C)s1. The predicted octanol–water partition coefficient (Wildman–Crippen LogP) is 5.70. The third kappa shape index (κ3) is 7.06. The monoisotopic (exact) mass is 540 g/mol. The largest absolute Gasteiger partial charge is 0.476 e. The first-order valence-corrected chi connectivity index (χ1v) is 15.0. The fraction of sp³-hybridized carbons (Fsp3) is 0.393. The smallest absolute Gasteiger partial charge is 0.413 e. The van der Waals surface area contributed by atoms with Gasteiger partial charge in [-0.2, -0.15) is 0 Å². The Labute approximate surface area is 224 Å². The minimum Gasteiger partial charge on any atom is -0.476 e. The Morgan fingerprint density at radius 2 is 1.49 bits per heavy atom. The molecule has 7 nitrogen and oxygen atoms in total. The molecular formula is C28H36N2O5SSi. The van der Waals surface area contributed by atoms with E-state index in [1.807, 2.05) is 36.4 Å². The lowest BCUT2D eigenvalue weighted by Gasteiger charge is -2.43. The number of amides is 1. The zero-order valence-corrected chi connectivity index (χ0v) is 24.1. The molecule has 0 aliphatic carbocycles. The Morgan fingerprint density at radius 1 is 0.946 bits per heavy atom. The van der Waals surface area contributed by atoms with Crippen LogP contribution >= 0.6 is 11.3 Å². The van der Waals surface area contributed by atoms with E-state index in [-0.39, 0.29) is 15.9 Å². The Hall–Kier alpha value is -3.01. The molecule has 2 aromatic carbocycles. The molecule has 3 aromatic rings. The summed E-state index contributed by atoms with van der Waals surface area (Å²) >= 11 is 1.15. The van der Waals surface area contributed by atoms with Crippen LogP contribution in [0.4, 0.5) is 9.93 Å². The van der Waals surface area contributed by atoms with Crippen LogP contribution < -0.4 is 15.7 Å². The molecule has 37 heavy (non-hydrogen) atoms. The fourth-order valence-electron chi connectivity index (χ4n) is 4.35. The number of carboxylic acid groups (broad SMARTS) is 1. The summed E-state index contributed by atoms with van der Waals surface area (Å²) in [5, 5.41) is 14.7. The molecule has 0 aliphatic rings. The van der Waals surface area contributed by atoms with E-state index < -0.39 is 26.0 Å². The predicted molar refractivity (Wildman–Crippen MR) is 151 cm³/mol. The van der Waals surface area contributed by atoms with Gasteiger partial charge in [-0.3, -0.25) is 5.32 Å². The van der Waals surface area contributed by atoms with Gasteiger partial charge in [-0.05, 0) is 49.0 Å². The van der Waals surface area contributed by atoms with Gasteiger partial charge in [0.15, 0.2) is 10.8 Å². The van der Waals surface area contributed by atoms with Crippen LogP contribution in [-0.4, -0.2) is 42.7 Å². The molecule has 1 aromatic heterocycles. The number of carbonyl (C=O) groups is 2. The highest BCUT2D eigenvalue weighted by Gasteiger charge is 2.49. The third-order valence-corrected chi connectivity index (χ3v) is 11.9. The van der Waals surface area contributed by atoms with Crippen molar-refractivity contribution in [1.29, 1.82) is 0 Å². The van der Waals surface area contributed by atoms with Crippen LogP contribution in [0, 0.1) is 0 Å². The number of aryl methyl sites for hydroxylation is 1. The number of aromatic carboxylic acids is 1. The Morgan fingerprint density at radius 3 is 1.95 bits per heavy atom. The molecular weight excluding hydrogens is 504 g/mol. The van der Waals surface area contributed by atoms with Crippen LogP contribution in [0.1, 0.15) is 63.3 Å². The molecule has 1 heterocycles. The number of anilines is 1. The molecule has 198 valence electrons. The van der Waals surface area contributed by atoms with Crippen molar-refractivity contribution in [2.75, 3.05) is 11.9 Å². The third-order valence-electron chi connectivity index (χ3n) is 5.79. The summed E-state index contributed by atoms with van der Waals surface area (Å²) in [6, 6.07) is 20.8. The molecule has 0 spiro atoms. The first-order chi connectivity index (χ1) is 17.3. The molecule has 9 heteroatoms. The standard InChI is InChI=1S/C28H36N2O5SSi/c1-27(2,3)35-26(33)30-25-29-23(24(31)32)22(36-25)18-13-19-34-37(28(4,5)6,20-14-9-7-10-15-20)21-16-11-8-12-17-21/h7-12,14-17H,13,18-19H2,1-6H3,(H,31,32)(H,29,30,33). The van der Waals surface area contributed by atoms with E-state index in [0.29, 0.717) is 24.3 Å². The summed E-state index contributed by atoms with van der Waals surface area (Å²) in [6.07, 6.45) is 0.409. The van der Waals surface area contributed by atoms with E-state index >= 15 is 0 Å². The molecule has 0 bridgehead atoms. The summed E-state index contributed by atoms with van der Waals surface area (Å²) in [4.78, 5) is 28.6. The maximum atomic E-state index is 12.1. The number of hydrogen-bond acceptors (Lipinski definition) is 6. The quantitative estimate of drug-likeness (QED) is 0.267. The Bertz CT molecular complexity index is 1160. The average Bonchev–Trinajstić information content (AvgIpc) is 3.21. The fourth-order valence-corrected chi connectivity index (χ4v) is 9.94. The Balaban J connectivity index is 1.80. The number of benzene rings is 2. The zero-order chi connectivity index (χ0) is 27.3. The molecule has 0 unspecified atom stereocenters. The van der Waals surface area contributed by atoms with Crippen molar-refractivity contribution in [2.24, 2.45) is 0 Å². The van der Waals surface area contributed by atoms with Crippen molar-refractivity contribution in [1.82, 2.24) is 4.98 Å². The van der Waals surface area contributed by atoms with Crippen molar-refractivity contribution < 1.29 is 23.9 Å². The van der Waals surface area contributed by atoms with E-state index in [9.17, 15) is 14.7 Å². The molecule has 0 radical (unpaired) electrons. The molecule has 2 N–H and O–H groups in total. The second-order valence-corrected chi connectivity index (χ2v) is 16.2. The number of rotatable bonds is 9. The maximum absolute atomic E-state index is 12.1. The van der Waals surface area contributed by atoms with Crippen LogP contribution in [0.5, 0.6) is 0 Å². The summed E-state index contributed by atoms with van der Waals surface area (Å²) in [5.74, 6) is -1.13. The lowest BCUT2D eigenvalue weighted by Crippen LogP contribution is -2.66. The van der Waals surface area contributed by atoms with Gasteiger partial charge in [0.05, 0.1) is 0 Å². The summed E-state index contributed by atoms with van der Waals surface area (Å²) in [5.41, 5.74) is -0.723. The van der Waals surface area contributed by atoms with Gasteiger partial charge in [0.1, 0.15) is 5.60 Å². The van der Waals surface area contributed by atoms with E-state index in [2.05, 4.69) is 55.3 Å². The molecule has 0 saturated carbocycles. The second-order valence-electron chi connectivity index (χ2n) is 10.8. The lowest BCUT2D eigenvalue weighted by atomic mass is 10.2. The highest BCUT2D eigenvalue weighted by molar-refractivity contribution is 7.16. The number of hydrogen-bond donors (Lipinski definition) is 2. The summed E-state index contributed by atoms with van der Waals surface area (Å²) < 4.78 is 12.2. The number of carboxylic acids is 1. The molecule has 0 atom stereocenters. The molecule has 3 rings (SSSR count). The first-order valence-electron chi connectivity index (χ1n) is 12.3. The van der Waals surface area contributed by atoms with E-state index in [1.165, 1.54) is 10.4 Å². The van der Waals surface area contributed by atoms with Crippen molar-refractivity contribution in [3.05, 3.63) is 71.2 Å². The molecule has 0 aliphatic heterocycles. The molecule has 1 amide bonds. The minimum absolute atomic E-state index is 0.0542. The van der Waals surface area contributed by atoms with Gasteiger partial charge in [0, 0.05) is 11.5 Å². The number of nitrogens with zero attached hydrogens (tertiary/aromatic N) is 1. The van der Waals surface area contributed by atoms with Gasteiger partial charge in [-0.25, -0.2) is 14.6 Å². The van der Waals surface area contributed by atoms with Gasteiger partial charge in [0.2, 0.25) is 0 Å². The van der Waals surface area contributed by atoms with Crippen LogP contribution in [-0.2, 0) is 15.6 Å². The van der Waals surface area contributed by atoms with E-state index in [1.54, 1.807) is 20.8 Å². The average molecular weight is 541 g/mol. The van der Waals surface area contributed by atoms with Crippen LogP contribution in [0.25, 0.3) is 0 Å². The number of nitrogens with one attached hydrogen (secondary N) is 1. The van der Waals surface area contributed by atoms with Crippen molar-refractivity contribution in [3.63, 3.8) is 0 Å². The van der Waals surface area contributed by atoms with Gasteiger partial charge < -0.3 is 14.3 Å². The van der Waals surface area contributed by atoms with Crippen LogP contribution in [0.2, 0.25) is 5.04 Å². The topological polar surface area (TPSA) is 97.8 Å². The second kappa shape index (κ2) is 11.6. The Kier molecular flexibility index (Phi) is 8.94. The molecule has 0 fully saturated rings. The normalized spacial score (nSPS) is 12.3. The van der Waals surface area contributed by atoms with Crippen molar-refractivity contribution in [3.8, 4) is 0 Å². The number of ether oxygens (including phenoxy) is 1. The zero-order valence-electron chi connectivity index (χ0n) is 22.3. The first kappa shape index (κ1) is 28.6. The number of thiazole rings is 1. The van der Waals surface area contributed by atoms with E-state index in [0.717, 1.165) is 11.3 Å². The number of carbonyl (C=O) groups excluding carboxylic acids is 1. The summed E-state index contributed by atoms with van der Waals surface area (Å²) in [7, 11) is -2.66. The van der Waals surface area contributed by atoms with Crippen LogP contribution in [0.3, 0.4) is 0 Å². The van der Waals surface area contributed by atoms with Crippen molar-refractivity contribution in [2.45, 2.75) is 65.0 Å². The van der Waals surface area contributed by atoms with Crippen LogP contribution in [0.15, 0.2) is 60.7 Å². The van der Waals surface area contributed by atoms with Gasteiger partial charge >= 0.3 is 12.1 Å². The van der Waals surface area contributed by atoms with Crippen molar-refractivity contribution >= 4 is 47.2 Å². The highest BCUT2D eigenvalue weighted by Crippen LogP contribution is 2.37. The summed E-state index contributed by atoms with van der Waals surface area (Å²) in [6.45, 7) is 12.4. The highest BCUT2D eigenvalue weighted by atomic mass is 32.1. The van der Waals surface area contributed by atoms with Gasteiger partial charge in [0.25, 0.3) is 8.32 Å². The van der Waals surface area contributed by atoms with Gasteiger partial charge in [-0.1, -0.05) is 81.4 Å². The maximum Gasteiger partial charge on any atom is 0.413 e. The van der Waals surface area contributed by atoms with Gasteiger partial charge in [-0.15, -0.1) is 11.3 Å². The number of aromatic nitrogens is 1. The lowest BCUT2D eigenvalue weighted by molar-refractivity contribution is 0.0632. The molecule has 0 saturated heterocycles.